The lowest BCUT2D eigenvalue weighted by molar-refractivity contribution is -0.137. The standard InChI is InChI=1S/C9H7BrClF3N2/c1-5(11)3-15-8-7(9(12,13)14)2-6(10)4-16-8/h2,4H,1,3H2,(H,15,16). The van der Waals surface area contributed by atoms with Gasteiger partial charge in [-0.1, -0.05) is 18.2 Å². The second kappa shape index (κ2) is 5.05. The van der Waals surface area contributed by atoms with Crippen LogP contribution in [0, 0.1) is 0 Å². The predicted molar refractivity (Wildman–Crippen MR) is 60.4 cm³/mol. The van der Waals surface area contributed by atoms with Crippen molar-refractivity contribution in [1.82, 2.24) is 4.98 Å². The predicted octanol–water partition coefficient (Wildman–Crippen LogP) is 4.03. The maximum absolute atomic E-state index is 12.6. The lowest BCUT2D eigenvalue weighted by Gasteiger charge is -2.13. The fourth-order valence-corrected chi connectivity index (χ4v) is 1.37. The summed E-state index contributed by atoms with van der Waals surface area (Å²) in [5, 5.41) is 2.67. The van der Waals surface area contributed by atoms with Crippen molar-refractivity contribution in [3.8, 4) is 0 Å². The van der Waals surface area contributed by atoms with Crippen LogP contribution in [0.5, 0.6) is 0 Å². The molecule has 7 heteroatoms. The van der Waals surface area contributed by atoms with Gasteiger partial charge in [0.2, 0.25) is 0 Å². The van der Waals surface area contributed by atoms with Crippen molar-refractivity contribution in [3.63, 3.8) is 0 Å². The minimum atomic E-state index is -4.47. The van der Waals surface area contributed by atoms with E-state index in [4.69, 9.17) is 11.6 Å². The van der Waals surface area contributed by atoms with Crippen LogP contribution in [-0.4, -0.2) is 11.5 Å². The molecule has 0 saturated carbocycles. The van der Waals surface area contributed by atoms with Crippen LogP contribution in [0.2, 0.25) is 0 Å². The molecule has 0 aliphatic heterocycles. The van der Waals surface area contributed by atoms with Crippen LogP contribution < -0.4 is 5.32 Å². The fraction of sp³-hybridized carbons (Fsp3) is 0.222. The van der Waals surface area contributed by atoms with Crippen molar-refractivity contribution in [2.24, 2.45) is 0 Å². The molecule has 16 heavy (non-hydrogen) atoms. The molecule has 0 aliphatic carbocycles. The number of nitrogens with zero attached hydrogens (tertiary/aromatic N) is 1. The summed E-state index contributed by atoms with van der Waals surface area (Å²) in [6.07, 6.45) is -3.19. The molecule has 0 fully saturated rings. The molecule has 0 atom stereocenters. The Hall–Kier alpha value is -0.750. The highest BCUT2D eigenvalue weighted by Crippen LogP contribution is 2.35. The first-order valence-electron chi connectivity index (χ1n) is 4.10. The van der Waals surface area contributed by atoms with Crippen molar-refractivity contribution in [2.75, 3.05) is 11.9 Å². The first-order chi connectivity index (χ1) is 7.30. The molecule has 1 rings (SSSR count). The van der Waals surface area contributed by atoms with Gasteiger partial charge < -0.3 is 5.32 Å². The summed E-state index contributed by atoms with van der Waals surface area (Å²) in [6.45, 7) is 3.39. The number of hydrogen-bond donors (Lipinski definition) is 1. The molecule has 0 saturated heterocycles. The molecule has 0 aromatic carbocycles. The SMILES string of the molecule is C=C(Cl)CNc1ncc(Br)cc1C(F)(F)F. The van der Waals surface area contributed by atoms with E-state index in [1.54, 1.807) is 0 Å². The van der Waals surface area contributed by atoms with E-state index in [0.717, 1.165) is 6.07 Å². The van der Waals surface area contributed by atoms with E-state index in [1.807, 2.05) is 0 Å². The number of pyridine rings is 1. The molecule has 0 radical (unpaired) electrons. The number of aromatic nitrogens is 1. The Morgan fingerprint density at radius 2 is 2.19 bits per heavy atom. The summed E-state index contributed by atoms with van der Waals surface area (Å²) < 4.78 is 38.0. The van der Waals surface area contributed by atoms with Gasteiger partial charge in [-0.3, -0.25) is 0 Å². The van der Waals surface area contributed by atoms with E-state index in [1.165, 1.54) is 6.20 Å². The molecule has 1 N–H and O–H groups in total. The van der Waals surface area contributed by atoms with Crippen molar-refractivity contribution < 1.29 is 13.2 Å². The van der Waals surface area contributed by atoms with E-state index < -0.39 is 11.7 Å². The molecule has 2 nitrogen and oxygen atoms in total. The Balaban J connectivity index is 3.03. The Morgan fingerprint density at radius 3 is 2.69 bits per heavy atom. The van der Waals surface area contributed by atoms with E-state index in [2.05, 4.69) is 32.8 Å². The molecule has 1 aromatic rings. The van der Waals surface area contributed by atoms with Crippen LogP contribution in [0.25, 0.3) is 0 Å². The minimum Gasteiger partial charge on any atom is -0.365 e. The summed E-state index contributed by atoms with van der Waals surface area (Å²) in [4.78, 5) is 3.64. The second-order valence-electron chi connectivity index (χ2n) is 2.92. The van der Waals surface area contributed by atoms with E-state index in [-0.39, 0.29) is 21.9 Å². The zero-order chi connectivity index (χ0) is 12.3. The van der Waals surface area contributed by atoms with Crippen LogP contribution in [-0.2, 0) is 6.18 Å². The van der Waals surface area contributed by atoms with Gasteiger partial charge in [0.1, 0.15) is 5.82 Å². The number of hydrogen-bond acceptors (Lipinski definition) is 2. The summed E-state index contributed by atoms with van der Waals surface area (Å²) in [6, 6.07) is 0.951. The Labute approximate surface area is 104 Å². The largest absolute Gasteiger partial charge is 0.419 e. The van der Waals surface area contributed by atoms with Crippen LogP contribution in [0.3, 0.4) is 0 Å². The molecule has 0 amide bonds. The summed E-state index contributed by atoms with van der Waals surface area (Å²) in [7, 11) is 0. The fourth-order valence-electron chi connectivity index (χ4n) is 0.976. The number of rotatable bonds is 3. The van der Waals surface area contributed by atoms with Gasteiger partial charge in [0, 0.05) is 15.7 Å². The quantitative estimate of drug-likeness (QED) is 0.911. The molecule has 88 valence electrons. The average Bonchev–Trinajstić information content (AvgIpc) is 2.14. The molecule has 1 aromatic heterocycles. The van der Waals surface area contributed by atoms with Crippen LogP contribution in [0.15, 0.2) is 28.3 Å². The van der Waals surface area contributed by atoms with Crippen LogP contribution in [0.1, 0.15) is 5.56 Å². The van der Waals surface area contributed by atoms with Crippen LogP contribution >= 0.6 is 27.5 Å². The van der Waals surface area contributed by atoms with Crippen molar-refractivity contribution in [3.05, 3.63) is 33.9 Å². The molecule has 0 bridgehead atoms. The molecule has 0 aliphatic rings. The lowest BCUT2D eigenvalue weighted by atomic mass is 10.2. The highest BCUT2D eigenvalue weighted by Gasteiger charge is 2.34. The maximum Gasteiger partial charge on any atom is 0.419 e. The third-order valence-corrected chi connectivity index (χ3v) is 2.17. The first-order valence-corrected chi connectivity index (χ1v) is 5.27. The van der Waals surface area contributed by atoms with Gasteiger partial charge in [-0.2, -0.15) is 13.2 Å². The third-order valence-electron chi connectivity index (χ3n) is 1.61. The first kappa shape index (κ1) is 13.3. The van der Waals surface area contributed by atoms with Crippen LogP contribution in [0.4, 0.5) is 19.0 Å². The van der Waals surface area contributed by atoms with E-state index in [9.17, 15) is 13.2 Å². The monoisotopic (exact) mass is 314 g/mol. The number of alkyl halides is 3. The van der Waals surface area contributed by atoms with Gasteiger partial charge in [0.05, 0.1) is 12.1 Å². The second-order valence-corrected chi connectivity index (χ2v) is 4.37. The van der Waals surface area contributed by atoms with Gasteiger partial charge in [-0.25, -0.2) is 4.98 Å². The molecule has 0 spiro atoms. The van der Waals surface area contributed by atoms with Crippen molar-refractivity contribution in [1.29, 1.82) is 0 Å². The van der Waals surface area contributed by atoms with Gasteiger partial charge in [0.15, 0.2) is 0 Å². The minimum absolute atomic E-state index is 0.0271. The molecular formula is C9H7BrClF3N2. The summed E-state index contributed by atoms with van der Waals surface area (Å²) in [5.74, 6) is -0.266. The van der Waals surface area contributed by atoms with E-state index in [0.29, 0.717) is 0 Å². The molecule has 1 heterocycles. The Bertz CT molecular complexity index is 406. The summed E-state index contributed by atoms with van der Waals surface area (Å²) in [5.41, 5.74) is -0.847. The normalized spacial score (nSPS) is 11.3. The van der Waals surface area contributed by atoms with Gasteiger partial charge in [-0.15, -0.1) is 0 Å². The average molecular weight is 316 g/mol. The highest BCUT2D eigenvalue weighted by atomic mass is 79.9. The zero-order valence-corrected chi connectivity index (χ0v) is 10.2. The lowest BCUT2D eigenvalue weighted by Crippen LogP contribution is -2.13. The van der Waals surface area contributed by atoms with Crippen molar-refractivity contribution >= 4 is 33.3 Å². The Morgan fingerprint density at radius 1 is 1.56 bits per heavy atom. The maximum atomic E-state index is 12.6. The molecule has 0 unspecified atom stereocenters. The smallest absolute Gasteiger partial charge is 0.365 e. The summed E-state index contributed by atoms with van der Waals surface area (Å²) >= 11 is 8.39. The number of anilines is 1. The topological polar surface area (TPSA) is 24.9 Å². The van der Waals surface area contributed by atoms with Gasteiger partial charge in [-0.05, 0) is 22.0 Å². The van der Waals surface area contributed by atoms with Gasteiger partial charge >= 0.3 is 6.18 Å². The number of halogens is 5. The van der Waals surface area contributed by atoms with Crippen molar-refractivity contribution in [2.45, 2.75) is 6.18 Å². The Kier molecular flexibility index (Phi) is 4.21. The highest BCUT2D eigenvalue weighted by molar-refractivity contribution is 9.10. The third kappa shape index (κ3) is 3.68. The molecular weight excluding hydrogens is 308 g/mol. The van der Waals surface area contributed by atoms with Gasteiger partial charge in [0.25, 0.3) is 0 Å². The zero-order valence-electron chi connectivity index (χ0n) is 7.91. The van der Waals surface area contributed by atoms with E-state index >= 15 is 0 Å². The number of nitrogens with one attached hydrogen (secondary N) is 1.